The molecule has 0 unspecified atom stereocenters. The first-order valence-electron chi connectivity index (χ1n) is 1.32. The molecule has 0 aliphatic heterocycles. The molecule has 1 saturated carbocycles. The number of halogens is 1. The molecule has 1 aliphatic carbocycles. The summed E-state index contributed by atoms with van der Waals surface area (Å²) < 4.78 is 0. The molecule has 0 heterocycles. The van der Waals surface area contributed by atoms with E-state index in [9.17, 15) is 0 Å². The van der Waals surface area contributed by atoms with Crippen molar-refractivity contribution in [2.45, 2.75) is 12.8 Å². The molecule has 0 bridgehead atoms. The number of hydrogen-bond acceptors (Lipinski definition) is 0. The zero-order chi connectivity index (χ0) is 2.12. The van der Waals surface area contributed by atoms with Gasteiger partial charge in [0, 0.05) is 0 Å². The average Bonchev–Trinajstić information content (AvgIpc) is 1.46. The largest absolute Gasteiger partial charge is 2.00 e. The van der Waals surface area contributed by atoms with Gasteiger partial charge in [0.05, 0.1) is 0 Å². The van der Waals surface area contributed by atoms with Crippen molar-refractivity contribution in [3.63, 3.8) is 0 Å². The van der Waals surface area contributed by atoms with Gasteiger partial charge in [-0.1, -0.05) is 0 Å². The van der Waals surface area contributed by atoms with Crippen LogP contribution in [0.1, 0.15) is 12.8 Å². The van der Waals surface area contributed by atoms with E-state index in [1.807, 2.05) is 0 Å². The molecule has 0 aromatic carbocycles. The molecule has 0 N–H and O–H groups in total. The van der Waals surface area contributed by atoms with Gasteiger partial charge in [0.2, 0.25) is 0 Å². The van der Waals surface area contributed by atoms with E-state index in [-0.39, 0.29) is 47.0 Å². The van der Waals surface area contributed by atoms with Gasteiger partial charge in [0.25, 0.3) is 0 Å². The molecule has 26 valence electrons. The summed E-state index contributed by atoms with van der Waals surface area (Å²) in [4.78, 5) is 0. The van der Waals surface area contributed by atoms with Crippen LogP contribution in [0.15, 0.2) is 0 Å². The van der Waals surface area contributed by atoms with Crippen LogP contribution in [-0.2, 0) is 0 Å². The molecule has 1 fully saturated rings. The van der Waals surface area contributed by atoms with E-state index in [1.165, 1.54) is 12.8 Å². The van der Waals surface area contributed by atoms with E-state index in [0.717, 1.165) is 0 Å². The Morgan fingerprint density at radius 3 is 1.40 bits per heavy atom. The van der Waals surface area contributed by atoms with Gasteiger partial charge in [-0.05, 0) is 0 Å². The Kier molecular flexibility index (Phi) is 10.7. The SMILES string of the molecule is [CH-]1CC1.[I-].[Mg+2]. The summed E-state index contributed by atoms with van der Waals surface area (Å²) >= 11 is 0. The Balaban J connectivity index is 0. The Morgan fingerprint density at radius 1 is 1.20 bits per heavy atom. The molecule has 0 radical (unpaired) electrons. The minimum absolute atomic E-state index is 0. The second-order valence-corrected chi connectivity index (χ2v) is 0.866. The van der Waals surface area contributed by atoms with E-state index in [4.69, 9.17) is 0 Å². The summed E-state index contributed by atoms with van der Waals surface area (Å²) in [6.07, 6.45) is 5.00. The minimum Gasteiger partial charge on any atom is -1.00 e. The Bertz CT molecular complexity index is 11.6. The van der Waals surface area contributed by atoms with Crippen LogP contribution in [-0.4, -0.2) is 23.1 Å². The second kappa shape index (κ2) is 5.50. The van der Waals surface area contributed by atoms with Crippen molar-refractivity contribution in [3.8, 4) is 0 Å². The number of hydrogen-bond donors (Lipinski definition) is 0. The quantitative estimate of drug-likeness (QED) is 0.228. The fourth-order valence-electron chi connectivity index (χ4n) is 0. The van der Waals surface area contributed by atoms with Gasteiger partial charge in [-0.25, -0.2) is 12.8 Å². The summed E-state index contributed by atoms with van der Waals surface area (Å²) in [5, 5.41) is 0. The van der Waals surface area contributed by atoms with Crippen LogP contribution in [0.2, 0.25) is 0 Å². The van der Waals surface area contributed by atoms with Crippen molar-refractivity contribution in [1.29, 1.82) is 0 Å². The Hall–Kier alpha value is 1.50. The van der Waals surface area contributed by atoms with Crippen molar-refractivity contribution in [2.75, 3.05) is 0 Å². The van der Waals surface area contributed by atoms with E-state index >= 15 is 0 Å². The van der Waals surface area contributed by atoms with Crippen LogP contribution in [0.4, 0.5) is 0 Å². The Labute approximate surface area is 65.9 Å². The van der Waals surface area contributed by atoms with Crippen molar-refractivity contribution < 1.29 is 24.0 Å². The average molecular weight is 192 g/mol. The second-order valence-electron chi connectivity index (χ2n) is 0.866. The molecule has 0 atom stereocenters. The third-order valence-electron chi connectivity index (χ3n) is 0.289. The summed E-state index contributed by atoms with van der Waals surface area (Å²) in [6, 6.07) is 0. The van der Waals surface area contributed by atoms with Crippen LogP contribution in [0.25, 0.3) is 0 Å². The molecule has 0 nitrogen and oxygen atoms in total. The fraction of sp³-hybridized carbons (Fsp3) is 0.667. The summed E-state index contributed by atoms with van der Waals surface area (Å²) in [6.45, 7) is 0. The monoisotopic (exact) mass is 192 g/mol. The van der Waals surface area contributed by atoms with Gasteiger partial charge in [-0.15, -0.1) is 0 Å². The number of rotatable bonds is 0. The third kappa shape index (κ3) is 10.8. The van der Waals surface area contributed by atoms with E-state index < -0.39 is 0 Å². The van der Waals surface area contributed by atoms with Gasteiger partial charge in [-0.3, -0.25) is 0 Å². The van der Waals surface area contributed by atoms with Crippen LogP contribution in [0, 0.1) is 6.42 Å². The van der Waals surface area contributed by atoms with Crippen LogP contribution < -0.4 is 24.0 Å². The maximum absolute atomic E-state index is 2.25. The van der Waals surface area contributed by atoms with E-state index in [1.54, 1.807) is 0 Å². The third-order valence-corrected chi connectivity index (χ3v) is 0.289. The predicted molar refractivity (Wildman–Crippen MR) is 19.3 cm³/mol. The normalized spacial score (nSPS) is 14.4. The van der Waals surface area contributed by atoms with Gasteiger partial charge in [0.15, 0.2) is 0 Å². The van der Waals surface area contributed by atoms with Crippen molar-refractivity contribution >= 4 is 23.1 Å². The molecular formula is C3H5IMg. The first kappa shape index (κ1) is 9.71. The van der Waals surface area contributed by atoms with E-state index in [2.05, 4.69) is 6.42 Å². The maximum atomic E-state index is 2.25. The molecule has 1 rings (SSSR count). The molecule has 5 heavy (non-hydrogen) atoms. The van der Waals surface area contributed by atoms with Gasteiger partial charge in [0.1, 0.15) is 0 Å². The molecule has 0 aromatic rings. The first-order chi connectivity index (χ1) is 1.50. The van der Waals surface area contributed by atoms with Crippen molar-refractivity contribution in [3.05, 3.63) is 6.42 Å². The van der Waals surface area contributed by atoms with Crippen LogP contribution >= 0.6 is 0 Å². The van der Waals surface area contributed by atoms with Crippen molar-refractivity contribution in [2.24, 2.45) is 0 Å². The minimum atomic E-state index is 0. The molecule has 0 aromatic heterocycles. The van der Waals surface area contributed by atoms with Crippen molar-refractivity contribution in [1.82, 2.24) is 0 Å². The smallest absolute Gasteiger partial charge is 1.00 e. The van der Waals surface area contributed by atoms with Crippen LogP contribution in [0.5, 0.6) is 0 Å². The standard InChI is InChI=1S/C3H5.HI.Mg/c1-2-3-1;;/h1H,2-3H2;1H;/q-1;;+2/p-1. The molecule has 1 aliphatic rings. The maximum Gasteiger partial charge on any atom is 2.00 e. The topological polar surface area (TPSA) is 0 Å². The van der Waals surface area contributed by atoms with Gasteiger partial charge < -0.3 is 30.4 Å². The fourth-order valence-corrected chi connectivity index (χ4v) is 0. The molecule has 0 saturated heterocycles. The molecule has 0 amide bonds. The Morgan fingerprint density at radius 2 is 1.40 bits per heavy atom. The zero-order valence-corrected chi connectivity index (χ0v) is 6.65. The molecule has 0 spiro atoms. The molecular weight excluding hydrogens is 187 g/mol. The predicted octanol–water partition coefficient (Wildman–Crippen LogP) is -2.39. The summed E-state index contributed by atoms with van der Waals surface area (Å²) in [5.74, 6) is 0. The van der Waals surface area contributed by atoms with Gasteiger partial charge in [-0.2, -0.15) is 0 Å². The van der Waals surface area contributed by atoms with Gasteiger partial charge >= 0.3 is 23.1 Å². The van der Waals surface area contributed by atoms with Crippen LogP contribution in [0.3, 0.4) is 0 Å². The first-order valence-corrected chi connectivity index (χ1v) is 1.32. The van der Waals surface area contributed by atoms with E-state index in [0.29, 0.717) is 0 Å². The zero-order valence-electron chi connectivity index (χ0n) is 3.08. The summed E-state index contributed by atoms with van der Waals surface area (Å²) in [5.41, 5.74) is 0. The summed E-state index contributed by atoms with van der Waals surface area (Å²) in [7, 11) is 0. The molecule has 2 heteroatoms.